The summed E-state index contributed by atoms with van der Waals surface area (Å²) >= 11 is 3.69. The van der Waals surface area contributed by atoms with Gasteiger partial charge in [0.15, 0.2) is 0 Å². The number of rotatable bonds is 6. The first-order valence-electron chi connectivity index (χ1n) is 6.70. The minimum atomic E-state index is 0.446. The summed E-state index contributed by atoms with van der Waals surface area (Å²) in [6.45, 7) is 0. The van der Waals surface area contributed by atoms with E-state index in [2.05, 4.69) is 40.3 Å². The maximum Gasteiger partial charge on any atom is 0.0601 e. The lowest BCUT2D eigenvalue weighted by Crippen LogP contribution is -2.46. The van der Waals surface area contributed by atoms with Gasteiger partial charge in [0.1, 0.15) is 0 Å². The van der Waals surface area contributed by atoms with E-state index in [-0.39, 0.29) is 0 Å². The van der Waals surface area contributed by atoms with E-state index in [9.17, 15) is 0 Å². The Balaban J connectivity index is 1.64. The summed E-state index contributed by atoms with van der Waals surface area (Å²) in [5.41, 5.74) is 0. The average molecular weight is 293 g/mol. The van der Waals surface area contributed by atoms with E-state index in [1.807, 2.05) is 29.8 Å². The van der Waals surface area contributed by atoms with Crippen molar-refractivity contribution in [2.24, 2.45) is 0 Å². The molecule has 1 fully saturated rings. The molecule has 102 valence electrons. The van der Waals surface area contributed by atoms with Crippen molar-refractivity contribution < 1.29 is 4.74 Å². The summed E-state index contributed by atoms with van der Waals surface area (Å²) in [7, 11) is 1.81. The number of thiophene rings is 2. The molecule has 1 unspecified atom stereocenters. The van der Waals surface area contributed by atoms with Gasteiger partial charge in [-0.05, 0) is 35.7 Å². The molecule has 1 atom stereocenters. The molecule has 0 amide bonds. The van der Waals surface area contributed by atoms with E-state index in [1.54, 1.807) is 0 Å². The maximum absolute atomic E-state index is 5.36. The van der Waals surface area contributed by atoms with Crippen molar-refractivity contribution in [3.05, 3.63) is 44.8 Å². The van der Waals surface area contributed by atoms with Crippen molar-refractivity contribution in [3.63, 3.8) is 0 Å². The zero-order valence-electron chi connectivity index (χ0n) is 11.0. The zero-order valence-corrected chi connectivity index (χ0v) is 12.7. The largest absolute Gasteiger partial charge is 0.381 e. The Labute approximate surface area is 122 Å². The average Bonchev–Trinajstić information content (AvgIpc) is 3.03. The SMILES string of the molecule is COC1CC(NC(Cc2cccs2)c2cccs2)C1. The zero-order chi connectivity index (χ0) is 13.1. The smallest absolute Gasteiger partial charge is 0.0601 e. The van der Waals surface area contributed by atoms with E-state index in [0.29, 0.717) is 18.2 Å². The van der Waals surface area contributed by atoms with Gasteiger partial charge in [-0.2, -0.15) is 0 Å². The van der Waals surface area contributed by atoms with Crippen LogP contribution in [0, 0.1) is 0 Å². The van der Waals surface area contributed by atoms with E-state index >= 15 is 0 Å². The Kier molecular flexibility index (Phi) is 4.33. The van der Waals surface area contributed by atoms with Gasteiger partial charge in [0.05, 0.1) is 6.10 Å². The van der Waals surface area contributed by atoms with Crippen LogP contribution in [0.3, 0.4) is 0 Å². The van der Waals surface area contributed by atoms with Gasteiger partial charge in [-0.15, -0.1) is 22.7 Å². The van der Waals surface area contributed by atoms with Crippen LogP contribution in [0.15, 0.2) is 35.0 Å². The number of methoxy groups -OCH3 is 1. The quantitative estimate of drug-likeness (QED) is 0.873. The molecule has 2 aromatic heterocycles. The van der Waals surface area contributed by atoms with Crippen LogP contribution in [0.1, 0.15) is 28.6 Å². The monoisotopic (exact) mass is 293 g/mol. The van der Waals surface area contributed by atoms with Crippen LogP contribution in [0.25, 0.3) is 0 Å². The van der Waals surface area contributed by atoms with Crippen LogP contribution >= 0.6 is 22.7 Å². The predicted octanol–water partition coefficient (Wildman–Crippen LogP) is 3.86. The minimum absolute atomic E-state index is 0.446. The lowest BCUT2D eigenvalue weighted by atomic mass is 9.88. The van der Waals surface area contributed by atoms with Gasteiger partial charge in [-0.3, -0.25) is 0 Å². The molecular formula is C15H19NOS2. The highest BCUT2D eigenvalue weighted by Crippen LogP contribution is 2.30. The van der Waals surface area contributed by atoms with Crippen molar-refractivity contribution >= 4 is 22.7 Å². The van der Waals surface area contributed by atoms with Crippen LogP contribution < -0.4 is 5.32 Å². The van der Waals surface area contributed by atoms with Gasteiger partial charge in [0.2, 0.25) is 0 Å². The predicted molar refractivity (Wildman–Crippen MR) is 82.0 cm³/mol. The summed E-state index contributed by atoms with van der Waals surface area (Å²) < 4.78 is 5.36. The lowest BCUT2D eigenvalue weighted by Gasteiger charge is -2.37. The van der Waals surface area contributed by atoms with Crippen LogP contribution in [-0.4, -0.2) is 19.3 Å². The topological polar surface area (TPSA) is 21.3 Å². The molecule has 0 aromatic carbocycles. The van der Waals surface area contributed by atoms with Gasteiger partial charge in [0, 0.05) is 35.4 Å². The molecule has 1 aliphatic carbocycles. The first kappa shape index (κ1) is 13.3. The van der Waals surface area contributed by atoms with Gasteiger partial charge >= 0.3 is 0 Å². The number of ether oxygens (including phenoxy) is 1. The molecule has 0 bridgehead atoms. The highest BCUT2D eigenvalue weighted by Gasteiger charge is 2.31. The van der Waals surface area contributed by atoms with Crippen molar-refractivity contribution in [2.45, 2.75) is 37.5 Å². The standard InChI is InChI=1S/C15H19NOS2/c1-17-12-8-11(9-12)16-14(15-5-3-7-19-15)10-13-4-2-6-18-13/h2-7,11-12,14,16H,8-10H2,1H3. The van der Waals surface area contributed by atoms with Crippen molar-refractivity contribution in [1.29, 1.82) is 0 Å². The fraction of sp³-hybridized carbons (Fsp3) is 0.467. The van der Waals surface area contributed by atoms with Crippen LogP contribution in [-0.2, 0) is 11.2 Å². The van der Waals surface area contributed by atoms with Crippen molar-refractivity contribution in [3.8, 4) is 0 Å². The molecule has 1 aliphatic rings. The second kappa shape index (κ2) is 6.18. The summed E-state index contributed by atoms with van der Waals surface area (Å²) in [6, 6.07) is 9.80. The Bertz CT molecular complexity index is 474. The summed E-state index contributed by atoms with van der Waals surface area (Å²) in [6.07, 6.45) is 3.83. The number of hydrogen-bond donors (Lipinski definition) is 1. The Morgan fingerprint density at radius 3 is 2.68 bits per heavy atom. The van der Waals surface area contributed by atoms with Crippen molar-refractivity contribution in [2.75, 3.05) is 7.11 Å². The normalized spacial score (nSPS) is 24.1. The minimum Gasteiger partial charge on any atom is -0.381 e. The summed E-state index contributed by atoms with van der Waals surface area (Å²) in [5, 5.41) is 8.12. The molecule has 0 saturated heterocycles. The van der Waals surface area contributed by atoms with Gasteiger partial charge in [0.25, 0.3) is 0 Å². The van der Waals surface area contributed by atoms with Crippen LogP contribution in [0.5, 0.6) is 0 Å². The van der Waals surface area contributed by atoms with Gasteiger partial charge < -0.3 is 10.1 Å². The first-order chi connectivity index (χ1) is 9.35. The lowest BCUT2D eigenvalue weighted by molar-refractivity contribution is 0.0142. The van der Waals surface area contributed by atoms with E-state index in [0.717, 1.165) is 19.3 Å². The van der Waals surface area contributed by atoms with E-state index in [1.165, 1.54) is 9.75 Å². The van der Waals surface area contributed by atoms with Crippen LogP contribution in [0.4, 0.5) is 0 Å². The molecule has 0 radical (unpaired) electrons. The molecule has 3 rings (SSSR count). The summed E-state index contributed by atoms with van der Waals surface area (Å²) in [5.74, 6) is 0. The molecule has 1 N–H and O–H groups in total. The van der Waals surface area contributed by atoms with E-state index < -0.39 is 0 Å². The molecule has 2 aromatic rings. The molecule has 2 nitrogen and oxygen atoms in total. The molecule has 4 heteroatoms. The third-order valence-electron chi connectivity index (χ3n) is 3.74. The fourth-order valence-corrected chi connectivity index (χ4v) is 4.08. The molecule has 0 spiro atoms. The fourth-order valence-electron chi connectivity index (χ4n) is 2.54. The molecule has 2 heterocycles. The Morgan fingerprint density at radius 1 is 1.26 bits per heavy atom. The number of nitrogens with one attached hydrogen (secondary N) is 1. The van der Waals surface area contributed by atoms with Crippen LogP contribution in [0.2, 0.25) is 0 Å². The summed E-state index contributed by atoms with van der Waals surface area (Å²) in [4.78, 5) is 2.89. The molecule has 0 aliphatic heterocycles. The Morgan fingerprint density at radius 2 is 2.05 bits per heavy atom. The maximum atomic E-state index is 5.36. The second-order valence-corrected chi connectivity index (χ2v) is 7.06. The highest BCUT2D eigenvalue weighted by atomic mass is 32.1. The molecular weight excluding hydrogens is 274 g/mol. The second-order valence-electron chi connectivity index (χ2n) is 5.04. The third kappa shape index (κ3) is 3.26. The molecule has 1 saturated carbocycles. The first-order valence-corrected chi connectivity index (χ1v) is 8.45. The Hall–Kier alpha value is -0.680. The molecule has 19 heavy (non-hydrogen) atoms. The number of hydrogen-bond acceptors (Lipinski definition) is 4. The highest BCUT2D eigenvalue weighted by molar-refractivity contribution is 7.10. The third-order valence-corrected chi connectivity index (χ3v) is 5.62. The van der Waals surface area contributed by atoms with Crippen molar-refractivity contribution in [1.82, 2.24) is 5.32 Å². The van der Waals surface area contributed by atoms with Gasteiger partial charge in [-0.1, -0.05) is 12.1 Å². The van der Waals surface area contributed by atoms with Gasteiger partial charge in [-0.25, -0.2) is 0 Å². The van der Waals surface area contributed by atoms with E-state index in [4.69, 9.17) is 4.74 Å².